The van der Waals surface area contributed by atoms with Crippen LogP contribution in [0, 0.1) is 0 Å². The summed E-state index contributed by atoms with van der Waals surface area (Å²) in [6, 6.07) is 0. The number of fused-ring (bicyclic) bond motifs is 1. The Morgan fingerprint density at radius 2 is 1.57 bits per heavy atom. The van der Waals surface area contributed by atoms with Gasteiger partial charge in [-0.3, -0.25) is 14.2 Å². The maximum atomic E-state index is 13.2. The van der Waals surface area contributed by atoms with E-state index in [1.807, 2.05) is 0 Å². The van der Waals surface area contributed by atoms with Crippen molar-refractivity contribution in [3.8, 4) is 0 Å². The third kappa shape index (κ3) is 7.25. The second kappa shape index (κ2) is 14.7. The number of unbranched alkanes of at least 4 members (excludes halogenated alkanes) is 13. The highest BCUT2D eigenvalue weighted by Gasteiger charge is 2.60. The van der Waals surface area contributed by atoms with Gasteiger partial charge in [-0.2, -0.15) is 0 Å². The Morgan fingerprint density at radius 1 is 1.00 bits per heavy atom. The zero-order valence-electron chi connectivity index (χ0n) is 22.1. The van der Waals surface area contributed by atoms with Gasteiger partial charge in [-0.05, 0) is 6.42 Å². The molecule has 0 aromatic carbocycles. The number of rotatable bonds is 18. The maximum Gasteiger partial charge on any atom is 0.278 e. The normalized spacial score (nSPS) is 23.7. The van der Waals surface area contributed by atoms with Gasteiger partial charge in [0.15, 0.2) is 28.8 Å². The fourth-order valence-corrected chi connectivity index (χ4v) is 5.21. The average Bonchev–Trinajstić information content (AvgIpc) is 3.44. The summed E-state index contributed by atoms with van der Waals surface area (Å²) in [6.45, 7) is 1.67. The lowest BCUT2D eigenvalue weighted by Crippen LogP contribution is -2.53. The van der Waals surface area contributed by atoms with Gasteiger partial charge in [0.2, 0.25) is 0 Å². The van der Waals surface area contributed by atoms with Gasteiger partial charge < -0.3 is 25.0 Å². The number of aromatic nitrogens is 4. The maximum absolute atomic E-state index is 13.2. The molecule has 3 rings (SSSR count). The van der Waals surface area contributed by atoms with Crippen molar-refractivity contribution < 1.29 is 24.9 Å². The molecule has 2 aromatic heterocycles. The predicted molar refractivity (Wildman–Crippen MR) is 140 cm³/mol. The summed E-state index contributed by atoms with van der Waals surface area (Å²) in [6.07, 6.45) is 15.1. The molecule has 0 saturated carbocycles. The quantitative estimate of drug-likeness (QED) is 0.218. The number of aliphatic hydroxyl groups is 3. The van der Waals surface area contributed by atoms with Crippen LogP contribution >= 0.6 is 0 Å². The van der Waals surface area contributed by atoms with Gasteiger partial charge in [0, 0.05) is 6.42 Å². The topological polar surface area (TPSA) is 151 Å². The van der Waals surface area contributed by atoms with E-state index in [1.165, 1.54) is 81.4 Å². The Balaban J connectivity index is 1.43. The third-order valence-corrected chi connectivity index (χ3v) is 7.49. The lowest BCUT2D eigenvalue weighted by molar-refractivity contribution is -0.158. The van der Waals surface area contributed by atoms with E-state index in [0.717, 1.165) is 19.3 Å². The molecule has 1 aliphatic rings. The first-order chi connectivity index (χ1) is 17.9. The molecule has 4 N–H and O–H groups in total. The standard InChI is InChI=1S/C27H44N4O6/c1-2-3-4-5-6-7-8-9-10-11-12-13-14-15-16-21(33)27(36)23(34)20(17-32)37-26(27)31-19-30-22-24(31)28-18-29-25(22)35/h18-20,23,26,32,34,36H,2-17H2,1H3,(H,28,29,35)/t20-,23-,26-,27-/m1/s1. The summed E-state index contributed by atoms with van der Waals surface area (Å²) in [5, 5.41) is 31.7. The Hall–Kier alpha value is -2.14. The molecule has 0 aliphatic carbocycles. The number of hydrogen-bond donors (Lipinski definition) is 4. The number of aromatic amines is 1. The first-order valence-electron chi connectivity index (χ1n) is 14.0. The van der Waals surface area contributed by atoms with Crippen LogP contribution in [0.5, 0.6) is 0 Å². The summed E-state index contributed by atoms with van der Waals surface area (Å²) in [7, 11) is 0. The Kier molecular flexibility index (Phi) is 11.7. The highest BCUT2D eigenvalue weighted by Crippen LogP contribution is 2.41. The monoisotopic (exact) mass is 520 g/mol. The number of nitrogens with one attached hydrogen (secondary N) is 1. The molecule has 1 saturated heterocycles. The number of H-pyrrole nitrogens is 1. The van der Waals surface area contributed by atoms with Crippen molar-refractivity contribution in [3.63, 3.8) is 0 Å². The fraction of sp³-hybridized carbons (Fsp3) is 0.778. The zero-order chi connectivity index (χ0) is 26.7. The predicted octanol–water partition coefficient (Wildman–Crippen LogP) is 3.54. The number of carbonyl (C=O) groups excluding carboxylic acids is 1. The number of carbonyl (C=O) groups is 1. The van der Waals surface area contributed by atoms with E-state index < -0.39 is 42.0 Å². The molecule has 1 aliphatic heterocycles. The van der Waals surface area contributed by atoms with Crippen molar-refractivity contribution in [2.24, 2.45) is 0 Å². The summed E-state index contributed by atoms with van der Waals surface area (Å²) in [5.41, 5.74) is -2.63. The lowest BCUT2D eigenvalue weighted by Gasteiger charge is -2.30. The number of ketones is 1. The Bertz CT molecular complexity index is 1020. The van der Waals surface area contributed by atoms with Crippen LogP contribution in [0.15, 0.2) is 17.4 Å². The first-order valence-corrected chi connectivity index (χ1v) is 14.0. The van der Waals surface area contributed by atoms with E-state index in [0.29, 0.717) is 6.42 Å². The fourth-order valence-electron chi connectivity index (χ4n) is 5.21. The minimum Gasteiger partial charge on any atom is -0.394 e. The van der Waals surface area contributed by atoms with Crippen LogP contribution in [-0.2, 0) is 9.53 Å². The zero-order valence-corrected chi connectivity index (χ0v) is 22.1. The van der Waals surface area contributed by atoms with Crippen molar-refractivity contribution in [1.29, 1.82) is 0 Å². The molecule has 2 aromatic rings. The van der Waals surface area contributed by atoms with Gasteiger partial charge in [0.05, 0.1) is 19.3 Å². The van der Waals surface area contributed by atoms with Crippen LogP contribution in [0.2, 0.25) is 0 Å². The van der Waals surface area contributed by atoms with Crippen molar-refractivity contribution in [2.75, 3.05) is 6.61 Å². The molecule has 1 fully saturated rings. The molecule has 10 heteroatoms. The molecule has 4 atom stereocenters. The molecular weight excluding hydrogens is 476 g/mol. The molecule has 0 bridgehead atoms. The van der Waals surface area contributed by atoms with Crippen molar-refractivity contribution >= 4 is 16.9 Å². The van der Waals surface area contributed by atoms with Gasteiger partial charge in [0.25, 0.3) is 5.56 Å². The van der Waals surface area contributed by atoms with Crippen molar-refractivity contribution in [1.82, 2.24) is 19.5 Å². The molecule has 10 nitrogen and oxygen atoms in total. The van der Waals surface area contributed by atoms with E-state index in [9.17, 15) is 24.9 Å². The molecule has 208 valence electrons. The van der Waals surface area contributed by atoms with Crippen LogP contribution in [0.1, 0.15) is 109 Å². The number of Topliss-reactive ketones (excluding diaryl/α,β-unsaturated/α-hetero) is 1. The number of imidazole rings is 1. The van der Waals surface area contributed by atoms with E-state index >= 15 is 0 Å². The highest BCUT2D eigenvalue weighted by molar-refractivity contribution is 5.89. The molecule has 37 heavy (non-hydrogen) atoms. The van der Waals surface area contributed by atoms with E-state index in [-0.39, 0.29) is 17.6 Å². The Labute approximate surface area is 218 Å². The third-order valence-electron chi connectivity index (χ3n) is 7.49. The summed E-state index contributed by atoms with van der Waals surface area (Å²) < 4.78 is 6.95. The van der Waals surface area contributed by atoms with Crippen LogP contribution in [0.3, 0.4) is 0 Å². The van der Waals surface area contributed by atoms with Gasteiger partial charge in [-0.25, -0.2) is 9.97 Å². The minimum atomic E-state index is -2.29. The average molecular weight is 521 g/mol. The molecule has 0 radical (unpaired) electrons. The Morgan fingerprint density at radius 3 is 2.14 bits per heavy atom. The van der Waals surface area contributed by atoms with Gasteiger partial charge >= 0.3 is 0 Å². The van der Waals surface area contributed by atoms with Crippen LogP contribution in [0.4, 0.5) is 0 Å². The first kappa shape index (κ1) is 29.4. The number of ether oxygens (including phenoxy) is 1. The SMILES string of the molecule is CCCCCCCCCCCCCCCCC(=O)[C@@]1(O)[C@H](O)[C@@H](CO)O[C@H]1n1cnc2c(=O)[nH]cnc21. The van der Waals surface area contributed by atoms with Crippen LogP contribution in [-0.4, -0.2) is 65.0 Å². The number of aliphatic hydroxyl groups excluding tert-OH is 2. The second-order valence-corrected chi connectivity index (χ2v) is 10.3. The second-order valence-electron chi connectivity index (χ2n) is 10.3. The van der Waals surface area contributed by atoms with Crippen molar-refractivity contribution in [3.05, 3.63) is 23.0 Å². The lowest BCUT2D eigenvalue weighted by atomic mass is 9.86. The number of nitrogens with zero attached hydrogens (tertiary/aromatic N) is 3. The van der Waals surface area contributed by atoms with E-state index in [2.05, 4.69) is 21.9 Å². The summed E-state index contributed by atoms with van der Waals surface area (Å²) in [4.78, 5) is 35.7. The van der Waals surface area contributed by atoms with Gasteiger partial charge in [-0.15, -0.1) is 0 Å². The van der Waals surface area contributed by atoms with E-state index in [4.69, 9.17) is 4.74 Å². The van der Waals surface area contributed by atoms with Crippen LogP contribution in [0.25, 0.3) is 11.2 Å². The van der Waals surface area contributed by atoms with Gasteiger partial charge in [0.1, 0.15) is 12.2 Å². The summed E-state index contributed by atoms with van der Waals surface area (Å²) in [5.74, 6) is -0.563. The minimum absolute atomic E-state index is 0.0230. The molecule has 0 amide bonds. The summed E-state index contributed by atoms with van der Waals surface area (Å²) >= 11 is 0. The molecule has 3 heterocycles. The molecular formula is C27H44N4O6. The molecule has 0 unspecified atom stereocenters. The molecule has 0 spiro atoms. The van der Waals surface area contributed by atoms with Crippen LogP contribution < -0.4 is 5.56 Å². The van der Waals surface area contributed by atoms with Crippen molar-refractivity contribution in [2.45, 2.75) is 127 Å². The highest BCUT2D eigenvalue weighted by atomic mass is 16.6. The smallest absolute Gasteiger partial charge is 0.278 e. The largest absolute Gasteiger partial charge is 0.394 e. The van der Waals surface area contributed by atoms with Gasteiger partial charge in [-0.1, -0.05) is 90.4 Å². The number of hydrogen-bond acceptors (Lipinski definition) is 8. The van der Waals surface area contributed by atoms with E-state index in [1.54, 1.807) is 0 Å².